The topological polar surface area (TPSA) is 78.9 Å². The number of allylic oxidation sites excluding steroid dienone is 22. The van der Waals surface area contributed by atoms with Gasteiger partial charge in [-0.25, -0.2) is 0 Å². The van der Waals surface area contributed by atoms with Crippen LogP contribution in [0.3, 0.4) is 0 Å². The van der Waals surface area contributed by atoms with E-state index in [0.29, 0.717) is 19.3 Å². The largest absolute Gasteiger partial charge is 0.462 e. The standard InChI is InChI=1S/C74H122O6/c1-4-7-10-13-16-19-22-25-28-30-32-34-35-36-37-38-39-41-42-44-46-49-52-55-58-61-64-67-73(76)79-70-71(69-78-72(75)66-63-60-57-54-51-48-27-24-21-18-15-12-9-6-3)80-74(77)68-65-62-59-56-53-50-47-45-43-40-33-31-29-26-23-20-17-14-11-8-5-2/h7-8,10-11,15-20,24-29,32-34,36-37,40,71H,4-6,9,12-14,21-23,30-31,35,38-39,41-70H2,1-3H3/b10-7-,11-8-,18-15-,19-16-,20-17-,27-24-,28-25-,29-26-,34-32-,37-36-,40-33-. The number of esters is 3. The van der Waals surface area contributed by atoms with E-state index in [0.717, 1.165) is 148 Å². The Labute approximate surface area is 494 Å². The highest BCUT2D eigenvalue weighted by Gasteiger charge is 2.19. The number of rotatable bonds is 59. The van der Waals surface area contributed by atoms with Crippen molar-refractivity contribution in [1.82, 2.24) is 0 Å². The number of ether oxygens (including phenoxy) is 3. The molecule has 454 valence electrons. The van der Waals surface area contributed by atoms with Crippen molar-refractivity contribution >= 4 is 17.9 Å². The molecule has 6 nitrogen and oxygen atoms in total. The van der Waals surface area contributed by atoms with Crippen LogP contribution in [0.15, 0.2) is 134 Å². The monoisotopic (exact) mass is 1110 g/mol. The Morgan fingerprint density at radius 3 is 0.762 bits per heavy atom. The second-order valence-corrected chi connectivity index (χ2v) is 21.6. The molecule has 0 radical (unpaired) electrons. The van der Waals surface area contributed by atoms with E-state index in [1.165, 1.54) is 109 Å². The van der Waals surface area contributed by atoms with Crippen LogP contribution in [0.5, 0.6) is 0 Å². The Bertz CT molecular complexity index is 1700. The van der Waals surface area contributed by atoms with Crippen molar-refractivity contribution in [2.45, 2.75) is 303 Å². The van der Waals surface area contributed by atoms with Crippen LogP contribution in [0.25, 0.3) is 0 Å². The van der Waals surface area contributed by atoms with E-state index in [1.807, 2.05) is 0 Å². The molecule has 6 heteroatoms. The summed E-state index contributed by atoms with van der Waals surface area (Å²) in [6, 6.07) is 0. The van der Waals surface area contributed by atoms with Crippen LogP contribution in [0, 0.1) is 0 Å². The molecule has 0 aliphatic carbocycles. The molecule has 0 heterocycles. The molecule has 1 unspecified atom stereocenters. The van der Waals surface area contributed by atoms with Gasteiger partial charge in [0.25, 0.3) is 0 Å². The molecule has 0 aromatic heterocycles. The average Bonchev–Trinajstić information content (AvgIpc) is 3.46. The summed E-state index contributed by atoms with van der Waals surface area (Å²) in [7, 11) is 0. The normalized spacial score (nSPS) is 13.0. The Balaban J connectivity index is 4.36. The van der Waals surface area contributed by atoms with E-state index in [-0.39, 0.29) is 31.1 Å². The molecular weight excluding hydrogens is 985 g/mol. The third-order valence-electron chi connectivity index (χ3n) is 13.9. The van der Waals surface area contributed by atoms with Gasteiger partial charge in [-0.1, -0.05) is 283 Å². The van der Waals surface area contributed by atoms with Gasteiger partial charge in [-0.05, 0) is 128 Å². The molecule has 0 saturated heterocycles. The van der Waals surface area contributed by atoms with Crippen LogP contribution in [0.2, 0.25) is 0 Å². The molecule has 0 aliphatic rings. The van der Waals surface area contributed by atoms with Gasteiger partial charge < -0.3 is 14.2 Å². The van der Waals surface area contributed by atoms with Gasteiger partial charge in [0.05, 0.1) is 0 Å². The number of carbonyl (C=O) groups is 3. The smallest absolute Gasteiger partial charge is 0.306 e. The first-order chi connectivity index (χ1) is 39.5. The van der Waals surface area contributed by atoms with Crippen molar-refractivity contribution < 1.29 is 28.6 Å². The third kappa shape index (κ3) is 64.4. The van der Waals surface area contributed by atoms with Crippen molar-refractivity contribution in [3.63, 3.8) is 0 Å². The molecule has 0 bridgehead atoms. The lowest BCUT2D eigenvalue weighted by Gasteiger charge is -2.18. The summed E-state index contributed by atoms with van der Waals surface area (Å²) in [5, 5.41) is 0. The van der Waals surface area contributed by atoms with Crippen molar-refractivity contribution in [2.24, 2.45) is 0 Å². The van der Waals surface area contributed by atoms with Gasteiger partial charge >= 0.3 is 17.9 Å². The van der Waals surface area contributed by atoms with Crippen LogP contribution in [0.1, 0.15) is 297 Å². The molecule has 0 fully saturated rings. The average molecular weight is 1110 g/mol. The molecular formula is C74H122O6. The minimum Gasteiger partial charge on any atom is -0.462 e. The van der Waals surface area contributed by atoms with Crippen molar-refractivity contribution in [2.75, 3.05) is 13.2 Å². The molecule has 0 N–H and O–H groups in total. The number of hydrogen-bond donors (Lipinski definition) is 0. The number of carbonyl (C=O) groups excluding carboxylic acids is 3. The fourth-order valence-electron chi connectivity index (χ4n) is 8.95. The number of unbranched alkanes of at least 4 members (excludes halogenated alkanes) is 26. The molecule has 0 saturated carbocycles. The van der Waals surface area contributed by atoms with Crippen LogP contribution < -0.4 is 0 Å². The van der Waals surface area contributed by atoms with Gasteiger partial charge in [0, 0.05) is 19.3 Å². The van der Waals surface area contributed by atoms with Crippen LogP contribution in [-0.2, 0) is 28.6 Å². The van der Waals surface area contributed by atoms with Crippen LogP contribution in [0.4, 0.5) is 0 Å². The fraction of sp³-hybridized carbons (Fsp3) is 0.662. The van der Waals surface area contributed by atoms with Gasteiger partial charge in [0.1, 0.15) is 13.2 Å². The van der Waals surface area contributed by atoms with E-state index >= 15 is 0 Å². The van der Waals surface area contributed by atoms with Crippen molar-refractivity contribution in [3.8, 4) is 0 Å². The molecule has 0 rings (SSSR count). The zero-order valence-corrected chi connectivity index (χ0v) is 52.0. The van der Waals surface area contributed by atoms with E-state index in [4.69, 9.17) is 14.2 Å². The summed E-state index contributed by atoms with van der Waals surface area (Å²) in [5.41, 5.74) is 0. The summed E-state index contributed by atoms with van der Waals surface area (Å²) in [6.07, 6.45) is 94.6. The summed E-state index contributed by atoms with van der Waals surface area (Å²) in [6.45, 7) is 6.37. The predicted molar refractivity (Wildman–Crippen MR) is 348 cm³/mol. The highest BCUT2D eigenvalue weighted by Crippen LogP contribution is 2.16. The van der Waals surface area contributed by atoms with Gasteiger partial charge in [0.2, 0.25) is 0 Å². The van der Waals surface area contributed by atoms with Gasteiger partial charge in [-0.3, -0.25) is 14.4 Å². The van der Waals surface area contributed by atoms with E-state index < -0.39 is 6.10 Å². The lowest BCUT2D eigenvalue weighted by molar-refractivity contribution is -0.167. The molecule has 0 aromatic rings. The molecule has 1 atom stereocenters. The maximum absolute atomic E-state index is 12.9. The van der Waals surface area contributed by atoms with Crippen molar-refractivity contribution in [3.05, 3.63) is 134 Å². The molecule has 0 amide bonds. The first-order valence-corrected chi connectivity index (χ1v) is 33.2. The quantitative estimate of drug-likeness (QED) is 0.0261. The minimum absolute atomic E-state index is 0.0902. The van der Waals surface area contributed by atoms with Crippen LogP contribution in [-0.4, -0.2) is 37.2 Å². The van der Waals surface area contributed by atoms with Gasteiger partial charge in [-0.15, -0.1) is 0 Å². The maximum atomic E-state index is 12.9. The molecule has 80 heavy (non-hydrogen) atoms. The summed E-state index contributed by atoms with van der Waals surface area (Å²) < 4.78 is 16.9. The highest BCUT2D eigenvalue weighted by molar-refractivity contribution is 5.71. The molecule has 0 aromatic carbocycles. The van der Waals surface area contributed by atoms with E-state index in [2.05, 4.69) is 154 Å². The first kappa shape index (κ1) is 75.5. The Morgan fingerprint density at radius 2 is 0.487 bits per heavy atom. The lowest BCUT2D eigenvalue weighted by Crippen LogP contribution is -2.30. The highest BCUT2D eigenvalue weighted by atomic mass is 16.6. The molecule has 0 spiro atoms. The van der Waals surface area contributed by atoms with Crippen LogP contribution >= 0.6 is 0 Å². The second-order valence-electron chi connectivity index (χ2n) is 21.6. The first-order valence-electron chi connectivity index (χ1n) is 33.2. The number of hydrogen-bond acceptors (Lipinski definition) is 6. The Kier molecular flexibility index (Phi) is 63.3. The van der Waals surface area contributed by atoms with Crippen molar-refractivity contribution in [1.29, 1.82) is 0 Å². The molecule has 0 aliphatic heterocycles. The Hall–Kier alpha value is -4.45. The zero-order valence-electron chi connectivity index (χ0n) is 52.0. The zero-order chi connectivity index (χ0) is 57.8. The summed E-state index contributed by atoms with van der Waals surface area (Å²) >= 11 is 0. The lowest BCUT2D eigenvalue weighted by atomic mass is 10.0. The second kappa shape index (κ2) is 67.1. The predicted octanol–water partition coefficient (Wildman–Crippen LogP) is 22.9. The van der Waals surface area contributed by atoms with Gasteiger partial charge in [-0.2, -0.15) is 0 Å². The Morgan fingerprint density at radius 1 is 0.263 bits per heavy atom. The van der Waals surface area contributed by atoms with Gasteiger partial charge in [0.15, 0.2) is 6.10 Å². The summed E-state index contributed by atoms with van der Waals surface area (Å²) in [5.74, 6) is -0.910. The van der Waals surface area contributed by atoms with E-state index in [1.54, 1.807) is 0 Å². The minimum atomic E-state index is -0.795. The fourth-order valence-corrected chi connectivity index (χ4v) is 8.95. The SMILES string of the molecule is CC/C=C\C/C=C\C/C=C\C/C=C\C/C=C\CCCCCCCCCCCCCC(=O)OCC(COC(=O)CCCCCCC/C=C\C/C=C\CCCC)OC(=O)CCCCCCCCCC/C=C\C/C=C\C/C=C\C/C=C\CC. The third-order valence-corrected chi connectivity index (χ3v) is 13.9. The summed E-state index contributed by atoms with van der Waals surface area (Å²) in [4.78, 5) is 38.4. The maximum Gasteiger partial charge on any atom is 0.306 e. The van der Waals surface area contributed by atoms with E-state index in [9.17, 15) is 14.4 Å².